The van der Waals surface area contributed by atoms with Gasteiger partial charge in [0.1, 0.15) is 6.17 Å². The van der Waals surface area contributed by atoms with Crippen LogP contribution in [0.1, 0.15) is 25.7 Å². The molecule has 3 heteroatoms. The number of alkyl halides is 1. The Bertz CT molecular complexity index is 130. The summed E-state index contributed by atoms with van der Waals surface area (Å²) in [6.45, 7) is 0. The molecule has 0 aromatic rings. The minimum Gasteiger partial charge on any atom is -0.281 e. The molecule has 0 aromatic heterocycles. The van der Waals surface area contributed by atoms with Gasteiger partial charge in [0, 0.05) is 5.92 Å². The Morgan fingerprint density at radius 1 is 1.30 bits per heavy atom. The Balaban J connectivity index is 2.33. The molecule has 1 fully saturated rings. The minimum atomic E-state index is -0.702. The first-order valence-electron chi connectivity index (χ1n) is 3.53. The molecule has 0 bridgehead atoms. The fourth-order valence-corrected chi connectivity index (χ4v) is 1.50. The largest absolute Gasteiger partial charge is 0.281 e. The van der Waals surface area contributed by atoms with Gasteiger partial charge in [-0.1, -0.05) is 0 Å². The molecule has 58 valence electrons. The summed E-state index contributed by atoms with van der Waals surface area (Å²) in [5.74, 6) is -0.0753. The molecule has 1 saturated carbocycles. The van der Waals surface area contributed by atoms with Crippen LogP contribution >= 0.6 is 11.6 Å². The molecule has 0 N–H and O–H groups in total. The molecule has 1 aliphatic carbocycles. The Morgan fingerprint density at radius 2 is 1.80 bits per heavy atom. The topological polar surface area (TPSA) is 17.1 Å². The molecule has 0 amide bonds. The van der Waals surface area contributed by atoms with Crippen molar-refractivity contribution in [2.45, 2.75) is 31.9 Å². The number of rotatable bonds is 1. The summed E-state index contributed by atoms with van der Waals surface area (Å²) >= 11 is 5.24. The van der Waals surface area contributed by atoms with E-state index in [0.717, 1.165) is 0 Å². The van der Waals surface area contributed by atoms with E-state index in [0.29, 0.717) is 25.7 Å². The first-order chi connectivity index (χ1) is 4.70. The molecule has 1 aliphatic rings. The monoisotopic (exact) mass is 163 g/mol. The molecule has 1 rings (SSSR count). The highest BCUT2D eigenvalue weighted by atomic mass is 35.5. The summed E-state index contributed by atoms with van der Waals surface area (Å²) in [6, 6.07) is 0. The van der Waals surface area contributed by atoms with E-state index in [9.17, 15) is 9.18 Å². The second-order valence-corrected chi connectivity index (χ2v) is 3.13. The van der Waals surface area contributed by atoms with Gasteiger partial charge in [0.2, 0.25) is 5.24 Å². The van der Waals surface area contributed by atoms with Crippen LogP contribution in [-0.2, 0) is 4.79 Å². The van der Waals surface area contributed by atoms with Gasteiger partial charge >= 0.3 is 0 Å². The molecule has 0 aliphatic heterocycles. The molecule has 0 radical (unpaired) electrons. The van der Waals surface area contributed by atoms with E-state index in [1.807, 2.05) is 0 Å². The van der Waals surface area contributed by atoms with Crippen molar-refractivity contribution in [1.82, 2.24) is 0 Å². The van der Waals surface area contributed by atoms with E-state index in [4.69, 9.17) is 11.6 Å². The third-order valence-corrected chi connectivity index (χ3v) is 2.29. The lowest BCUT2D eigenvalue weighted by atomic mass is 9.89. The predicted molar refractivity (Wildman–Crippen MR) is 37.7 cm³/mol. The van der Waals surface area contributed by atoms with E-state index in [1.165, 1.54) is 0 Å². The van der Waals surface area contributed by atoms with E-state index >= 15 is 0 Å². The summed E-state index contributed by atoms with van der Waals surface area (Å²) in [4.78, 5) is 10.5. The Kier molecular flexibility index (Phi) is 2.66. The average molecular weight is 164 g/mol. The number of hydrogen-bond acceptors (Lipinski definition) is 1. The first kappa shape index (κ1) is 7.99. The highest BCUT2D eigenvalue weighted by Gasteiger charge is 2.24. The number of hydrogen-bond donors (Lipinski definition) is 0. The van der Waals surface area contributed by atoms with Crippen LogP contribution in [0, 0.1) is 5.92 Å². The van der Waals surface area contributed by atoms with Crippen LogP contribution in [0.15, 0.2) is 0 Å². The van der Waals surface area contributed by atoms with Gasteiger partial charge in [-0.15, -0.1) is 0 Å². The van der Waals surface area contributed by atoms with Crippen molar-refractivity contribution in [2.75, 3.05) is 0 Å². The summed E-state index contributed by atoms with van der Waals surface area (Å²) in [5.41, 5.74) is 0. The highest BCUT2D eigenvalue weighted by Crippen LogP contribution is 2.27. The van der Waals surface area contributed by atoms with Gasteiger partial charge in [-0.25, -0.2) is 4.39 Å². The maximum Gasteiger partial charge on any atom is 0.224 e. The smallest absolute Gasteiger partial charge is 0.224 e. The van der Waals surface area contributed by atoms with Gasteiger partial charge in [0.25, 0.3) is 0 Å². The zero-order chi connectivity index (χ0) is 7.56. The molecule has 0 spiro atoms. The zero-order valence-electron chi connectivity index (χ0n) is 5.65. The quantitative estimate of drug-likeness (QED) is 0.542. The predicted octanol–water partition coefficient (Wildman–Crippen LogP) is 2.28. The molecule has 10 heavy (non-hydrogen) atoms. The summed E-state index contributed by atoms with van der Waals surface area (Å²) in [7, 11) is 0. The van der Waals surface area contributed by atoms with Crippen molar-refractivity contribution in [3.05, 3.63) is 0 Å². The van der Waals surface area contributed by atoms with Gasteiger partial charge in [-0.2, -0.15) is 0 Å². The van der Waals surface area contributed by atoms with Crippen LogP contribution in [-0.4, -0.2) is 11.4 Å². The standard InChI is InChI=1S/C7H10ClFO/c8-7(10)5-1-3-6(9)4-2-5/h5-6H,1-4H2/i9-1. The van der Waals surface area contributed by atoms with Gasteiger partial charge in [-0.05, 0) is 37.3 Å². The molecular formula is C7H10ClFO. The number of carbonyl (C=O) groups excluding carboxylic acids is 1. The van der Waals surface area contributed by atoms with Crippen LogP contribution in [0.4, 0.5) is 4.39 Å². The molecule has 0 aromatic carbocycles. The summed E-state index contributed by atoms with van der Waals surface area (Å²) in [5, 5.41) is -0.299. The van der Waals surface area contributed by atoms with Gasteiger partial charge in [0.05, 0.1) is 0 Å². The SMILES string of the molecule is O=C(Cl)C1CCC([18F])CC1. The normalized spacial score (nSPS) is 33.8. The van der Waals surface area contributed by atoms with E-state index in [1.54, 1.807) is 0 Å². The molecule has 0 saturated heterocycles. The zero-order valence-corrected chi connectivity index (χ0v) is 6.40. The number of carbonyl (C=O) groups is 1. The lowest BCUT2D eigenvalue weighted by Gasteiger charge is -2.20. The second kappa shape index (κ2) is 3.33. The van der Waals surface area contributed by atoms with Crippen molar-refractivity contribution in [3.8, 4) is 0 Å². The fourth-order valence-electron chi connectivity index (χ4n) is 1.28. The van der Waals surface area contributed by atoms with Gasteiger partial charge in [0.15, 0.2) is 0 Å². The lowest BCUT2D eigenvalue weighted by molar-refractivity contribution is -0.116. The maximum absolute atomic E-state index is 12.5. The average Bonchev–Trinajstić information content (AvgIpc) is 1.88. The van der Waals surface area contributed by atoms with Crippen molar-refractivity contribution < 1.29 is 9.18 Å². The third kappa shape index (κ3) is 1.94. The molecule has 0 atom stereocenters. The van der Waals surface area contributed by atoms with Crippen LogP contribution in [0.3, 0.4) is 0 Å². The Labute approximate surface area is 64.6 Å². The van der Waals surface area contributed by atoms with Crippen molar-refractivity contribution in [2.24, 2.45) is 5.92 Å². The first-order valence-corrected chi connectivity index (χ1v) is 3.91. The van der Waals surface area contributed by atoms with Gasteiger partial charge < -0.3 is 0 Å². The molecule has 0 unspecified atom stereocenters. The lowest BCUT2D eigenvalue weighted by Crippen LogP contribution is -2.19. The summed E-state index contributed by atoms with van der Waals surface area (Å²) < 4.78 is 12.5. The number of halogens is 2. The maximum atomic E-state index is 12.5. The third-order valence-electron chi connectivity index (χ3n) is 1.98. The van der Waals surface area contributed by atoms with E-state index < -0.39 is 6.17 Å². The fraction of sp³-hybridized carbons (Fsp3) is 0.857. The van der Waals surface area contributed by atoms with Gasteiger partial charge in [-0.3, -0.25) is 4.79 Å². The highest BCUT2D eigenvalue weighted by molar-refractivity contribution is 6.63. The van der Waals surface area contributed by atoms with Crippen LogP contribution in [0.25, 0.3) is 0 Å². The minimum absolute atomic E-state index is 0.0753. The second-order valence-electron chi connectivity index (χ2n) is 2.75. The molecule has 1 nitrogen and oxygen atoms in total. The van der Waals surface area contributed by atoms with Crippen LogP contribution < -0.4 is 0 Å². The summed E-state index contributed by atoms with van der Waals surface area (Å²) in [6.07, 6.45) is 1.56. The van der Waals surface area contributed by atoms with Crippen molar-refractivity contribution in [1.29, 1.82) is 0 Å². The van der Waals surface area contributed by atoms with Crippen LogP contribution in [0.5, 0.6) is 0 Å². The van der Waals surface area contributed by atoms with E-state index in [-0.39, 0.29) is 11.2 Å². The van der Waals surface area contributed by atoms with E-state index in [2.05, 4.69) is 0 Å². The van der Waals surface area contributed by atoms with Crippen LogP contribution in [0.2, 0.25) is 0 Å². The Hall–Kier alpha value is -0.110. The molecule has 0 heterocycles. The molecular weight excluding hydrogens is 154 g/mol. The Morgan fingerprint density at radius 3 is 2.20 bits per heavy atom. The van der Waals surface area contributed by atoms with Crippen molar-refractivity contribution >= 4 is 16.8 Å². The van der Waals surface area contributed by atoms with Crippen molar-refractivity contribution in [3.63, 3.8) is 0 Å².